The summed E-state index contributed by atoms with van der Waals surface area (Å²) in [6, 6.07) is 15.4. The van der Waals surface area contributed by atoms with Gasteiger partial charge in [0.05, 0.1) is 19.6 Å². The molecule has 0 radical (unpaired) electrons. The monoisotopic (exact) mass is 530 g/mol. The van der Waals surface area contributed by atoms with Crippen molar-refractivity contribution in [3.8, 4) is 22.5 Å². The molecular formula is C30H34N4O5. The lowest BCUT2D eigenvalue weighted by molar-refractivity contribution is -0.143. The van der Waals surface area contributed by atoms with E-state index in [1.165, 1.54) is 0 Å². The van der Waals surface area contributed by atoms with E-state index in [2.05, 4.69) is 21.6 Å². The molecule has 0 aliphatic rings. The molecule has 2 heterocycles. The number of nitrogens with zero attached hydrogens (tertiary/aromatic N) is 3. The third-order valence-electron chi connectivity index (χ3n) is 6.43. The number of hydrogen-bond donors (Lipinski definition) is 1. The molecule has 204 valence electrons. The summed E-state index contributed by atoms with van der Waals surface area (Å²) < 4.78 is 11.7. The fourth-order valence-electron chi connectivity index (χ4n) is 4.36. The smallest absolute Gasteiger partial charge is 0.439 e. The number of aromatic amines is 1. The van der Waals surface area contributed by atoms with Gasteiger partial charge >= 0.3 is 11.7 Å². The summed E-state index contributed by atoms with van der Waals surface area (Å²) >= 11 is 0. The van der Waals surface area contributed by atoms with Crippen molar-refractivity contribution in [2.24, 2.45) is 5.92 Å². The Morgan fingerprint density at radius 3 is 2.44 bits per heavy atom. The van der Waals surface area contributed by atoms with Crippen LogP contribution in [0, 0.1) is 12.8 Å². The Bertz CT molecular complexity index is 1550. The Balaban J connectivity index is 1.64. The van der Waals surface area contributed by atoms with E-state index >= 15 is 0 Å². The molecule has 0 atom stereocenters. The lowest BCUT2D eigenvalue weighted by Gasteiger charge is -2.16. The summed E-state index contributed by atoms with van der Waals surface area (Å²) in [7, 11) is 0. The zero-order chi connectivity index (χ0) is 27.9. The van der Waals surface area contributed by atoms with Crippen LogP contribution in [0.15, 0.2) is 62.6 Å². The number of unbranched alkanes of at least 4 members (excludes halogenated alkanes) is 1. The van der Waals surface area contributed by atoms with Crippen LogP contribution < -0.4 is 11.3 Å². The van der Waals surface area contributed by atoms with Gasteiger partial charge in [-0.15, -0.1) is 0 Å². The van der Waals surface area contributed by atoms with Crippen molar-refractivity contribution in [2.75, 3.05) is 6.61 Å². The molecule has 0 aliphatic carbocycles. The summed E-state index contributed by atoms with van der Waals surface area (Å²) in [4.78, 5) is 44.8. The van der Waals surface area contributed by atoms with Crippen LogP contribution in [0.3, 0.4) is 0 Å². The second kappa shape index (κ2) is 12.5. The lowest BCUT2D eigenvalue weighted by Crippen LogP contribution is -2.31. The maximum Gasteiger partial charge on any atom is 0.439 e. The van der Waals surface area contributed by atoms with Gasteiger partial charge < -0.3 is 4.74 Å². The van der Waals surface area contributed by atoms with Crippen LogP contribution >= 0.6 is 0 Å². The molecule has 0 bridgehead atoms. The van der Waals surface area contributed by atoms with Gasteiger partial charge in [-0.05, 0) is 36.0 Å². The normalized spacial score (nSPS) is 11.2. The predicted octanol–water partition coefficient (Wildman–Crippen LogP) is 4.69. The van der Waals surface area contributed by atoms with Crippen LogP contribution in [0.4, 0.5) is 0 Å². The van der Waals surface area contributed by atoms with Crippen LogP contribution in [-0.4, -0.2) is 32.3 Å². The average molecular weight is 531 g/mol. The molecule has 0 saturated heterocycles. The molecule has 9 nitrogen and oxygen atoms in total. The van der Waals surface area contributed by atoms with Crippen molar-refractivity contribution in [1.82, 2.24) is 19.7 Å². The number of ether oxygens (including phenoxy) is 1. The third-order valence-corrected chi connectivity index (χ3v) is 6.43. The van der Waals surface area contributed by atoms with Crippen molar-refractivity contribution in [3.63, 3.8) is 0 Å². The van der Waals surface area contributed by atoms with Gasteiger partial charge in [-0.25, -0.2) is 9.78 Å². The van der Waals surface area contributed by atoms with Crippen LogP contribution in [0.25, 0.3) is 22.5 Å². The number of carbonyl (C=O) groups is 1. The summed E-state index contributed by atoms with van der Waals surface area (Å²) in [5.74, 6) is 0.253. The number of esters is 1. The van der Waals surface area contributed by atoms with E-state index in [4.69, 9.17) is 9.72 Å². The number of rotatable bonds is 11. The predicted molar refractivity (Wildman–Crippen MR) is 148 cm³/mol. The fraction of sp³-hybridized carbons (Fsp3) is 0.367. The largest absolute Gasteiger partial charge is 0.465 e. The number of benzene rings is 2. The van der Waals surface area contributed by atoms with Gasteiger partial charge in [0.2, 0.25) is 0 Å². The van der Waals surface area contributed by atoms with Crippen molar-refractivity contribution >= 4 is 5.97 Å². The molecule has 0 unspecified atom stereocenters. The van der Waals surface area contributed by atoms with Gasteiger partial charge in [0, 0.05) is 23.2 Å². The Hall–Kier alpha value is -4.27. The topological polar surface area (TPSA) is 120 Å². The Morgan fingerprint density at radius 1 is 1.08 bits per heavy atom. The van der Waals surface area contributed by atoms with E-state index in [1.54, 1.807) is 11.5 Å². The van der Waals surface area contributed by atoms with Gasteiger partial charge in [-0.3, -0.25) is 23.7 Å². The summed E-state index contributed by atoms with van der Waals surface area (Å²) in [6.45, 7) is 8.46. The first kappa shape index (κ1) is 27.8. The van der Waals surface area contributed by atoms with Gasteiger partial charge in [0.1, 0.15) is 5.82 Å². The molecule has 2 aromatic heterocycles. The highest BCUT2D eigenvalue weighted by molar-refractivity contribution is 5.80. The Morgan fingerprint density at radius 2 is 1.79 bits per heavy atom. The van der Waals surface area contributed by atoms with E-state index in [-0.39, 0.29) is 17.9 Å². The van der Waals surface area contributed by atoms with Crippen molar-refractivity contribution < 1.29 is 14.1 Å². The Labute approximate surface area is 226 Å². The van der Waals surface area contributed by atoms with Gasteiger partial charge in [0.15, 0.2) is 5.82 Å². The van der Waals surface area contributed by atoms with E-state index in [0.717, 1.165) is 35.1 Å². The highest BCUT2D eigenvalue weighted by Crippen LogP contribution is 2.30. The SMILES string of the molecule is CCCCc1nc(C)c(CC(=O)OCC(C)C)c(=O)n1Cc1ccc(-c2ccccc2-c2noc(=O)[nH]2)cc1. The third kappa shape index (κ3) is 6.79. The molecule has 2 aromatic carbocycles. The first-order valence-corrected chi connectivity index (χ1v) is 13.3. The lowest BCUT2D eigenvalue weighted by atomic mass is 9.98. The minimum Gasteiger partial charge on any atom is -0.465 e. The standard InChI is InChI=1S/C30H34N4O5/c1-5-6-11-26-31-20(4)25(16-27(35)38-18-19(2)3)29(36)34(26)17-21-12-14-22(15-13-21)23-9-7-8-10-24(23)28-32-30(37)39-33-28/h7-10,12-15,19H,5-6,11,16-18H2,1-4H3,(H,32,33,37). The number of aromatic nitrogens is 4. The summed E-state index contributed by atoms with van der Waals surface area (Å²) in [5.41, 5.74) is 4.20. The van der Waals surface area contributed by atoms with E-state index in [9.17, 15) is 14.4 Å². The molecule has 0 spiro atoms. The van der Waals surface area contributed by atoms with Gasteiger partial charge in [-0.2, -0.15) is 0 Å². The van der Waals surface area contributed by atoms with Gasteiger partial charge in [0.25, 0.3) is 5.56 Å². The quantitative estimate of drug-likeness (QED) is 0.279. The minimum absolute atomic E-state index is 0.0989. The molecule has 0 saturated carbocycles. The van der Waals surface area contributed by atoms with Crippen LogP contribution in [0.5, 0.6) is 0 Å². The van der Waals surface area contributed by atoms with Crippen molar-refractivity contribution in [1.29, 1.82) is 0 Å². The number of nitrogens with one attached hydrogen (secondary N) is 1. The highest BCUT2D eigenvalue weighted by Gasteiger charge is 2.18. The fourth-order valence-corrected chi connectivity index (χ4v) is 4.36. The summed E-state index contributed by atoms with van der Waals surface area (Å²) in [5, 5.41) is 3.82. The minimum atomic E-state index is -0.612. The number of H-pyrrole nitrogens is 1. The van der Waals surface area contributed by atoms with E-state index in [1.807, 2.05) is 62.4 Å². The zero-order valence-corrected chi connectivity index (χ0v) is 22.8. The maximum atomic E-state index is 13.6. The van der Waals surface area contributed by atoms with Crippen molar-refractivity contribution in [3.05, 3.63) is 92.1 Å². The maximum absolute atomic E-state index is 13.6. The molecular weight excluding hydrogens is 496 g/mol. The molecule has 0 amide bonds. The molecule has 39 heavy (non-hydrogen) atoms. The number of aryl methyl sites for hydroxylation is 2. The molecule has 9 heteroatoms. The van der Waals surface area contributed by atoms with E-state index in [0.29, 0.717) is 42.5 Å². The molecule has 0 fully saturated rings. The average Bonchev–Trinajstić information content (AvgIpc) is 3.37. The molecule has 0 aliphatic heterocycles. The molecule has 4 aromatic rings. The second-order valence-electron chi connectivity index (χ2n) is 10.0. The van der Waals surface area contributed by atoms with Gasteiger partial charge in [-0.1, -0.05) is 80.9 Å². The molecule has 1 N–H and O–H groups in total. The number of carbonyl (C=O) groups excluding carboxylic acids is 1. The van der Waals surface area contributed by atoms with Crippen LogP contribution in [0.1, 0.15) is 56.3 Å². The highest BCUT2D eigenvalue weighted by atomic mass is 16.5. The second-order valence-corrected chi connectivity index (χ2v) is 10.0. The zero-order valence-electron chi connectivity index (χ0n) is 22.8. The van der Waals surface area contributed by atoms with Crippen molar-refractivity contribution in [2.45, 2.75) is 59.9 Å². The Kier molecular flexibility index (Phi) is 8.91. The van der Waals surface area contributed by atoms with Crippen LogP contribution in [-0.2, 0) is 28.9 Å². The van der Waals surface area contributed by atoms with E-state index < -0.39 is 11.7 Å². The summed E-state index contributed by atoms with van der Waals surface area (Å²) in [6.07, 6.45) is 2.45. The number of hydrogen-bond acceptors (Lipinski definition) is 7. The first-order valence-electron chi connectivity index (χ1n) is 13.3. The first-order chi connectivity index (χ1) is 18.8. The molecule has 4 rings (SSSR count). The van der Waals surface area contributed by atoms with Crippen LogP contribution in [0.2, 0.25) is 0 Å².